The van der Waals surface area contributed by atoms with Crippen LogP contribution in [-0.2, 0) is 11.2 Å². The van der Waals surface area contributed by atoms with E-state index in [1.54, 1.807) is 23.6 Å². The number of hydrogen-bond donors (Lipinski definition) is 1. The number of methoxy groups -OCH3 is 3. The first kappa shape index (κ1) is 28.5. The Morgan fingerprint density at radius 2 is 1.57 bits per heavy atom. The molecule has 0 spiro atoms. The van der Waals surface area contributed by atoms with Gasteiger partial charge in [-0.1, -0.05) is 59.3 Å². The van der Waals surface area contributed by atoms with Crippen LogP contribution in [0.15, 0.2) is 88.2 Å². The van der Waals surface area contributed by atoms with Gasteiger partial charge in [0.2, 0.25) is 11.7 Å². The van der Waals surface area contributed by atoms with Gasteiger partial charge in [-0.2, -0.15) is 0 Å². The summed E-state index contributed by atoms with van der Waals surface area (Å²) in [6.45, 7) is 3.78. The van der Waals surface area contributed by atoms with Crippen molar-refractivity contribution in [2.24, 2.45) is 0 Å². The molecule has 0 aliphatic rings. The summed E-state index contributed by atoms with van der Waals surface area (Å²) in [6, 6.07) is 24.8. The molecule has 9 heteroatoms. The van der Waals surface area contributed by atoms with Crippen molar-refractivity contribution in [2.45, 2.75) is 20.3 Å². The van der Waals surface area contributed by atoms with Crippen LogP contribution in [0, 0.1) is 13.8 Å². The highest BCUT2D eigenvalue weighted by molar-refractivity contribution is 6.11. The molecule has 0 radical (unpaired) electrons. The monoisotopic (exact) mass is 589 g/mol. The van der Waals surface area contributed by atoms with Crippen LogP contribution < -0.4 is 25.1 Å². The van der Waals surface area contributed by atoms with Crippen LogP contribution in [0.4, 0.5) is 5.69 Å². The van der Waals surface area contributed by atoms with E-state index in [4.69, 9.17) is 18.7 Å². The van der Waals surface area contributed by atoms with Crippen LogP contribution >= 0.6 is 0 Å². The second-order valence-electron chi connectivity index (χ2n) is 10.5. The van der Waals surface area contributed by atoms with Crippen molar-refractivity contribution in [3.8, 4) is 34.1 Å². The number of rotatable bonds is 8. The van der Waals surface area contributed by atoms with Gasteiger partial charge in [-0.3, -0.25) is 14.2 Å². The highest BCUT2D eigenvalue weighted by Gasteiger charge is 2.21. The number of aryl methyl sites for hydroxylation is 2. The van der Waals surface area contributed by atoms with Crippen LogP contribution in [0.2, 0.25) is 0 Å². The van der Waals surface area contributed by atoms with Gasteiger partial charge in [0.25, 0.3) is 5.56 Å². The van der Waals surface area contributed by atoms with Crippen molar-refractivity contribution < 1.29 is 23.5 Å². The number of nitrogens with zero attached hydrogens (tertiary/aromatic N) is 2. The number of pyridine rings is 1. The number of carbonyl (C=O) groups excluding carboxylic acids is 1. The molecule has 0 unspecified atom stereocenters. The van der Waals surface area contributed by atoms with E-state index in [2.05, 4.69) is 34.7 Å². The van der Waals surface area contributed by atoms with Crippen molar-refractivity contribution >= 4 is 33.4 Å². The lowest BCUT2D eigenvalue weighted by Gasteiger charge is -2.16. The molecule has 0 bridgehead atoms. The molecule has 9 nitrogen and oxygen atoms in total. The summed E-state index contributed by atoms with van der Waals surface area (Å²) in [4.78, 5) is 27.2. The molecular formula is C35H31N3O6. The quantitative estimate of drug-likeness (QED) is 0.213. The third-order valence-corrected chi connectivity index (χ3v) is 7.64. The van der Waals surface area contributed by atoms with E-state index in [0.29, 0.717) is 50.8 Å². The fourth-order valence-corrected chi connectivity index (χ4v) is 5.57. The summed E-state index contributed by atoms with van der Waals surface area (Å²) < 4.78 is 23.4. The minimum atomic E-state index is -0.249. The molecule has 2 heterocycles. The van der Waals surface area contributed by atoms with Crippen molar-refractivity contribution in [3.05, 3.63) is 106 Å². The van der Waals surface area contributed by atoms with Gasteiger partial charge in [-0.15, -0.1) is 0 Å². The number of hydrogen-bond acceptors (Lipinski definition) is 7. The van der Waals surface area contributed by atoms with Gasteiger partial charge in [0.15, 0.2) is 11.5 Å². The van der Waals surface area contributed by atoms with Crippen LogP contribution in [0.5, 0.6) is 17.2 Å². The number of fused-ring (bicyclic) bond motifs is 3. The number of carbonyl (C=O) groups is 1. The molecule has 4 aromatic carbocycles. The Hall–Kier alpha value is -5.57. The van der Waals surface area contributed by atoms with E-state index >= 15 is 0 Å². The summed E-state index contributed by atoms with van der Waals surface area (Å²) in [5.41, 5.74) is 5.92. The summed E-state index contributed by atoms with van der Waals surface area (Å²) in [5, 5.41) is 8.45. The van der Waals surface area contributed by atoms with Crippen LogP contribution in [0.3, 0.4) is 0 Å². The van der Waals surface area contributed by atoms with Gasteiger partial charge in [-0.25, -0.2) is 0 Å². The number of aromatic nitrogens is 2. The van der Waals surface area contributed by atoms with Crippen molar-refractivity contribution in [1.29, 1.82) is 0 Å². The molecular weight excluding hydrogens is 558 g/mol. The zero-order valence-electron chi connectivity index (χ0n) is 25.1. The highest BCUT2D eigenvalue weighted by atomic mass is 16.5. The second-order valence-corrected chi connectivity index (χ2v) is 10.5. The number of nitrogens with one attached hydrogen (secondary N) is 1. The highest BCUT2D eigenvalue weighted by Crippen LogP contribution is 2.40. The average molecular weight is 590 g/mol. The Morgan fingerprint density at radius 1 is 0.864 bits per heavy atom. The van der Waals surface area contributed by atoms with Crippen molar-refractivity contribution in [2.75, 3.05) is 26.6 Å². The molecule has 222 valence electrons. The fraction of sp³-hybridized carbons (Fsp3) is 0.171. The third-order valence-electron chi connectivity index (χ3n) is 7.64. The average Bonchev–Trinajstić information content (AvgIpc) is 3.42. The van der Waals surface area contributed by atoms with Crippen molar-refractivity contribution in [3.63, 3.8) is 0 Å². The van der Waals surface area contributed by atoms with E-state index in [1.807, 2.05) is 49.4 Å². The molecule has 0 saturated heterocycles. The Labute approximate surface area is 253 Å². The lowest BCUT2D eigenvalue weighted by atomic mass is 9.97. The third kappa shape index (κ3) is 5.02. The standard InChI is InChI=1S/C35H31N3O6/c1-20-12-14-23(15-13-20)26-10-7-11-27-32(26)33-31(21(2)44-37-33)35(40)38(27)25-9-6-8-22(16-25)17-30(39)36-24-18-28(41-3)34(43-5)29(19-24)42-4/h6-16,18-19H,17H2,1-5H3,(H,36,39). The maximum atomic E-state index is 14.0. The van der Waals surface area contributed by atoms with Crippen LogP contribution in [0.25, 0.3) is 38.6 Å². The smallest absolute Gasteiger partial charge is 0.268 e. The fourth-order valence-electron chi connectivity index (χ4n) is 5.57. The van der Waals surface area contributed by atoms with E-state index in [1.165, 1.54) is 21.3 Å². The molecule has 6 aromatic rings. The lowest BCUT2D eigenvalue weighted by Crippen LogP contribution is -2.20. The largest absolute Gasteiger partial charge is 0.493 e. The van der Waals surface area contributed by atoms with Gasteiger partial charge < -0.3 is 24.1 Å². The Kier molecular flexibility index (Phi) is 7.53. The minimum Gasteiger partial charge on any atom is -0.493 e. The maximum absolute atomic E-state index is 14.0. The first-order valence-electron chi connectivity index (χ1n) is 14.0. The van der Waals surface area contributed by atoms with Crippen LogP contribution in [0.1, 0.15) is 16.9 Å². The first-order chi connectivity index (χ1) is 21.3. The lowest BCUT2D eigenvalue weighted by molar-refractivity contribution is -0.115. The molecule has 0 aliphatic heterocycles. The summed E-state index contributed by atoms with van der Waals surface area (Å²) in [7, 11) is 4.55. The van der Waals surface area contributed by atoms with Gasteiger partial charge in [0.1, 0.15) is 16.7 Å². The molecule has 1 amide bonds. The summed E-state index contributed by atoms with van der Waals surface area (Å²) >= 11 is 0. The molecule has 1 N–H and O–H groups in total. The van der Waals surface area contributed by atoms with Crippen LogP contribution in [-0.4, -0.2) is 37.0 Å². The van der Waals surface area contributed by atoms with Gasteiger partial charge in [0, 0.05) is 28.9 Å². The number of ether oxygens (including phenoxy) is 3. The molecule has 0 fully saturated rings. The summed E-state index contributed by atoms with van der Waals surface area (Å²) in [5.74, 6) is 1.49. The second kappa shape index (κ2) is 11.6. The number of benzene rings is 4. The zero-order valence-corrected chi connectivity index (χ0v) is 25.1. The molecule has 2 aromatic heterocycles. The van der Waals surface area contributed by atoms with E-state index < -0.39 is 0 Å². The van der Waals surface area contributed by atoms with Crippen molar-refractivity contribution in [1.82, 2.24) is 9.72 Å². The Balaban J connectivity index is 1.42. The topological polar surface area (TPSA) is 105 Å². The number of anilines is 1. The molecule has 44 heavy (non-hydrogen) atoms. The minimum absolute atomic E-state index is 0.0698. The van der Waals surface area contributed by atoms with E-state index in [-0.39, 0.29) is 17.9 Å². The predicted molar refractivity (Wildman–Crippen MR) is 170 cm³/mol. The predicted octanol–water partition coefficient (Wildman–Crippen LogP) is 6.62. The van der Waals surface area contributed by atoms with Gasteiger partial charge in [0.05, 0.1) is 33.3 Å². The molecule has 0 saturated carbocycles. The SMILES string of the molecule is COc1cc(NC(=O)Cc2cccc(-n3c(=O)c4c(C)onc4c4c(-c5ccc(C)cc5)cccc43)c2)cc(OC)c1OC. The molecule has 0 atom stereocenters. The van der Waals surface area contributed by atoms with E-state index in [0.717, 1.165) is 27.6 Å². The first-order valence-corrected chi connectivity index (χ1v) is 14.0. The molecule has 6 rings (SSSR count). The van der Waals surface area contributed by atoms with Gasteiger partial charge >= 0.3 is 0 Å². The Bertz CT molecular complexity index is 2070. The van der Waals surface area contributed by atoms with E-state index in [9.17, 15) is 9.59 Å². The Morgan fingerprint density at radius 3 is 2.25 bits per heavy atom. The zero-order chi connectivity index (χ0) is 31.0. The molecule has 0 aliphatic carbocycles. The number of amides is 1. The van der Waals surface area contributed by atoms with Gasteiger partial charge in [-0.05, 0) is 48.7 Å². The maximum Gasteiger partial charge on any atom is 0.268 e. The summed E-state index contributed by atoms with van der Waals surface area (Å²) in [6.07, 6.45) is 0.0698. The normalized spacial score (nSPS) is 11.1.